The lowest BCUT2D eigenvalue weighted by Crippen LogP contribution is -2.52. The van der Waals surface area contributed by atoms with Gasteiger partial charge in [0.15, 0.2) is 0 Å². The second kappa shape index (κ2) is 15.0. The van der Waals surface area contributed by atoms with Crippen LogP contribution in [0.5, 0.6) is 0 Å². The van der Waals surface area contributed by atoms with Gasteiger partial charge in [-0.05, 0) is 103 Å². The average Bonchev–Trinajstić information content (AvgIpc) is 2.99. The number of carbonyl (C=O) groups excluding carboxylic acids is 1. The maximum atomic E-state index is 15.9. The third-order valence-electron chi connectivity index (χ3n) is 10.0. The fourth-order valence-electron chi connectivity index (χ4n) is 7.95. The highest BCUT2D eigenvalue weighted by atomic mass is 28.4. The van der Waals surface area contributed by atoms with E-state index in [2.05, 4.69) is 62.1 Å². The molecule has 1 fully saturated rings. The van der Waals surface area contributed by atoms with E-state index >= 15 is 13.2 Å². The number of carboxylic acid groups (broad SMARTS) is 1. The molecule has 4 rings (SSSR count). The second-order valence-electron chi connectivity index (χ2n) is 14.8. The fourth-order valence-corrected chi connectivity index (χ4v) is 13.7. The van der Waals surface area contributed by atoms with Crippen molar-refractivity contribution < 1.29 is 32.3 Å². The molecule has 3 N–H and O–H groups in total. The van der Waals surface area contributed by atoms with E-state index in [1.54, 1.807) is 26.1 Å². The zero-order chi connectivity index (χ0) is 36.4. The van der Waals surface area contributed by atoms with Gasteiger partial charge in [-0.15, -0.1) is 0 Å². The van der Waals surface area contributed by atoms with Gasteiger partial charge in [0.1, 0.15) is 28.8 Å². The first-order valence-electron chi connectivity index (χ1n) is 17.0. The van der Waals surface area contributed by atoms with Crippen LogP contribution in [0.2, 0.25) is 16.6 Å². The predicted molar refractivity (Wildman–Crippen MR) is 188 cm³/mol. The van der Waals surface area contributed by atoms with Gasteiger partial charge in [0.05, 0.1) is 23.0 Å². The highest BCUT2D eigenvalue weighted by Gasteiger charge is 2.49. The summed E-state index contributed by atoms with van der Waals surface area (Å²) in [6.07, 6.45) is 3.99. The minimum atomic E-state index is -2.44. The third-order valence-corrected chi connectivity index (χ3v) is 16.3. The summed E-state index contributed by atoms with van der Waals surface area (Å²) >= 11 is 0. The normalized spacial score (nSPS) is 18.6. The quantitative estimate of drug-likeness (QED) is 0.172. The molecular weight excluding hydrogens is 650 g/mol. The second-order valence-corrected chi connectivity index (χ2v) is 20.2. The van der Waals surface area contributed by atoms with Crippen molar-refractivity contribution in [3.63, 3.8) is 0 Å². The molecule has 0 radical (unpaired) electrons. The Morgan fingerprint density at radius 2 is 1.55 bits per heavy atom. The SMILES string of the molecule is CC(C)[Si](OC(C)(C)c1cc(F)c(-c2nc(C(=O)Nc3cnccc3[C@@H]3C[C@H](C)C[C@H](NC(=O)O)C3)ccc2F)c(F)c1)(C(C)C)C(C)C. The van der Waals surface area contributed by atoms with E-state index in [1.807, 2.05) is 6.92 Å². The number of aromatic nitrogens is 2. The molecule has 49 heavy (non-hydrogen) atoms. The van der Waals surface area contributed by atoms with Gasteiger partial charge in [-0.3, -0.25) is 9.78 Å². The number of rotatable bonds is 11. The first-order valence-corrected chi connectivity index (χ1v) is 19.1. The van der Waals surface area contributed by atoms with Crippen molar-refractivity contribution in [1.82, 2.24) is 15.3 Å². The molecule has 8 nitrogen and oxygen atoms in total. The Labute approximate surface area is 288 Å². The number of amides is 2. The standard InChI is InChI=1S/C37H49F3N4O4Si/c1-20(2)49(21(3)4,22(5)6)48-37(8,9)25-17-29(39)33(30(40)18-25)34-28(38)10-11-31(43-34)35(45)44-32-19-41-13-12-27(32)24-14-23(7)15-26(16-24)42-36(46)47/h10-13,17-24,26,42H,14-16H2,1-9H3,(H,44,45)(H,46,47)/t23-,24+,26-/m0/s1. The largest absolute Gasteiger partial charge is 0.465 e. The van der Waals surface area contributed by atoms with E-state index in [1.165, 1.54) is 6.20 Å². The van der Waals surface area contributed by atoms with Crippen molar-refractivity contribution in [2.24, 2.45) is 5.92 Å². The summed E-state index contributed by atoms with van der Waals surface area (Å²) in [4.78, 5) is 33.0. The topological polar surface area (TPSA) is 113 Å². The van der Waals surface area contributed by atoms with Gasteiger partial charge in [-0.1, -0.05) is 48.5 Å². The van der Waals surface area contributed by atoms with Crippen LogP contribution in [0.15, 0.2) is 42.7 Å². The molecule has 2 heterocycles. The molecule has 1 aliphatic rings. The Morgan fingerprint density at radius 1 is 0.939 bits per heavy atom. The summed E-state index contributed by atoms with van der Waals surface area (Å²) in [7, 11) is -2.44. The number of pyridine rings is 2. The first-order chi connectivity index (χ1) is 22.9. The highest BCUT2D eigenvalue weighted by molar-refractivity contribution is 6.77. The number of anilines is 1. The molecule has 2 aromatic heterocycles. The van der Waals surface area contributed by atoms with Crippen molar-refractivity contribution in [2.45, 2.75) is 116 Å². The molecule has 0 saturated heterocycles. The molecule has 0 spiro atoms. The van der Waals surface area contributed by atoms with Crippen LogP contribution < -0.4 is 10.6 Å². The lowest BCUT2D eigenvalue weighted by atomic mass is 9.76. The predicted octanol–water partition coefficient (Wildman–Crippen LogP) is 9.78. The molecule has 12 heteroatoms. The summed E-state index contributed by atoms with van der Waals surface area (Å²) < 4.78 is 53.8. The molecular formula is C37H49F3N4O4Si. The van der Waals surface area contributed by atoms with Gasteiger partial charge in [-0.2, -0.15) is 0 Å². The summed E-state index contributed by atoms with van der Waals surface area (Å²) in [5.74, 6) is -3.59. The van der Waals surface area contributed by atoms with Gasteiger partial charge < -0.3 is 20.2 Å². The molecule has 1 aromatic carbocycles. The first kappa shape index (κ1) is 38.0. The lowest BCUT2D eigenvalue weighted by Gasteiger charge is -2.47. The van der Waals surface area contributed by atoms with Crippen LogP contribution in [0, 0.1) is 23.4 Å². The monoisotopic (exact) mass is 698 g/mol. The van der Waals surface area contributed by atoms with Crippen LogP contribution in [-0.4, -0.2) is 41.4 Å². The van der Waals surface area contributed by atoms with Crippen molar-refractivity contribution in [3.05, 3.63) is 77.0 Å². The number of nitrogens with zero attached hydrogens (tertiary/aromatic N) is 2. The highest BCUT2D eigenvalue weighted by Crippen LogP contribution is 2.47. The number of halogens is 3. The van der Waals surface area contributed by atoms with Crippen LogP contribution in [0.3, 0.4) is 0 Å². The van der Waals surface area contributed by atoms with Crippen LogP contribution in [-0.2, 0) is 10.0 Å². The number of hydrogen-bond donors (Lipinski definition) is 3. The van der Waals surface area contributed by atoms with Gasteiger partial charge in [-0.25, -0.2) is 22.9 Å². The molecule has 3 atom stereocenters. The van der Waals surface area contributed by atoms with Crippen LogP contribution >= 0.6 is 0 Å². The Bertz CT molecular complexity index is 1640. The maximum Gasteiger partial charge on any atom is 0.404 e. The molecule has 1 saturated carbocycles. The van der Waals surface area contributed by atoms with Gasteiger partial charge in [0.2, 0.25) is 8.32 Å². The number of hydrogen-bond acceptors (Lipinski definition) is 5. The summed E-state index contributed by atoms with van der Waals surface area (Å²) in [6.45, 7) is 18.4. The zero-order valence-electron chi connectivity index (χ0n) is 29.8. The smallest absolute Gasteiger partial charge is 0.404 e. The minimum absolute atomic E-state index is 0.0694. The third kappa shape index (κ3) is 8.17. The Morgan fingerprint density at radius 3 is 2.12 bits per heavy atom. The number of carbonyl (C=O) groups is 2. The lowest BCUT2D eigenvalue weighted by molar-refractivity contribution is 0.0837. The summed E-state index contributed by atoms with van der Waals surface area (Å²) in [5.41, 5.74) is -0.426. The average molecular weight is 699 g/mol. The van der Waals surface area contributed by atoms with E-state index in [-0.39, 0.29) is 45.8 Å². The van der Waals surface area contributed by atoms with Crippen molar-refractivity contribution in [2.75, 3.05) is 5.32 Å². The fraction of sp³-hybridized carbons (Fsp3) is 0.514. The van der Waals surface area contributed by atoms with E-state index in [0.717, 1.165) is 36.2 Å². The van der Waals surface area contributed by atoms with E-state index < -0.39 is 54.6 Å². The van der Waals surface area contributed by atoms with Crippen LogP contribution in [0.25, 0.3) is 11.3 Å². The van der Waals surface area contributed by atoms with Crippen molar-refractivity contribution in [1.29, 1.82) is 0 Å². The molecule has 0 unspecified atom stereocenters. The minimum Gasteiger partial charge on any atom is -0.465 e. The Hall–Kier alpha value is -3.77. The van der Waals surface area contributed by atoms with Crippen LogP contribution in [0.4, 0.5) is 23.7 Å². The molecule has 0 aliphatic heterocycles. The van der Waals surface area contributed by atoms with Crippen LogP contribution in [0.1, 0.15) is 109 Å². The number of nitrogens with one attached hydrogen (secondary N) is 2. The molecule has 2 amide bonds. The molecule has 266 valence electrons. The van der Waals surface area contributed by atoms with Gasteiger partial charge in [0.25, 0.3) is 5.91 Å². The number of benzene rings is 1. The molecule has 1 aliphatic carbocycles. The Kier molecular flexibility index (Phi) is 11.6. The maximum absolute atomic E-state index is 15.9. The van der Waals surface area contributed by atoms with E-state index in [0.29, 0.717) is 18.5 Å². The summed E-state index contributed by atoms with van der Waals surface area (Å²) in [5, 5.41) is 14.6. The molecule has 0 bridgehead atoms. The molecule has 3 aromatic rings. The Balaban J connectivity index is 1.64. The van der Waals surface area contributed by atoms with Gasteiger partial charge >= 0.3 is 6.09 Å². The van der Waals surface area contributed by atoms with E-state index in [4.69, 9.17) is 4.43 Å². The van der Waals surface area contributed by atoms with Gasteiger partial charge in [0, 0.05) is 12.2 Å². The van der Waals surface area contributed by atoms with E-state index in [9.17, 15) is 14.7 Å². The summed E-state index contributed by atoms with van der Waals surface area (Å²) in [6, 6.07) is 5.95. The zero-order valence-corrected chi connectivity index (χ0v) is 30.8. The van der Waals surface area contributed by atoms with Crippen molar-refractivity contribution >= 4 is 26.0 Å². The van der Waals surface area contributed by atoms with Crippen molar-refractivity contribution in [3.8, 4) is 11.3 Å².